The molecule has 1 aromatic heterocycles. The summed E-state index contributed by atoms with van der Waals surface area (Å²) in [5.41, 5.74) is 1.47. The van der Waals surface area contributed by atoms with E-state index in [0.29, 0.717) is 28.7 Å². The SMILES string of the molecule is O=C(c1cc(Cl)ccc1Cl)N(CCCN1CCOCC1)Cc1ccncc1. The summed E-state index contributed by atoms with van der Waals surface area (Å²) >= 11 is 12.3. The van der Waals surface area contributed by atoms with Gasteiger partial charge in [-0.15, -0.1) is 0 Å². The van der Waals surface area contributed by atoms with E-state index in [4.69, 9.17) is 27.9 Å². The summed E-state index contributed by atoms with van der Waals surface area (Å²) in [5, 5.41) is 0.914. The summed E-state index contributed by atoms with van der Waals surface area (Å²) in [6, 6.07) is 8.82. The van der Waals surface area contributed by atoms with E-state index in [1.165, 1.54) is 0 Å². The number of halogens is 2. The van der Waals surface area contributed by atoms with Gasteiger partial charge in [-0.3, -0.25) is 14.7 Å². The van der Waals surface area contributed by atoms with Crippen molar-refractivity contribution in [2.45, 2.75) is 13.0 Å². The number of nitrogens with zero attached hydrogens (tertiary/aromatic N) is 3. The van der Waals surface area contributed by atoms with Gasteiger partial charge in [0.15, 0.2) is 0 Å². The molecule has 2 aromatic rings. The normalized spacial score (nSPS) is 14.9. The minimum absolute atomic E-state index is 0.110. The van der Waals surface area contributed by atoms with Crippen molar-refractivity contribution in [3.8, 4) is 0 Å². The molecule has 1 fully saturated rings. The van der Waals surface area contributed by atoms with Crippen molar-refractivity contribution < 1.29 is 9.53 Å². The summed E-state index contributed by atoms with van der Waals surface area (Å²) in [6.07, 6.45) is 4.35. The molecule has 0 bridgehead atoms. The Morgan fingerprint density at radius 2 is 1.89 bits per heavy atom. The predicted molar refractivity (Wildman–Crippen MR) is 107 cm³/mol. The van der Waals surface area contributed by atoms with Crippen LogP contribution in [0.5, 0.6) is 0 Å². The van der Waals surface area contributed by atoms with Crippen LogP contribution in [0.15, 0.2) is 42.7 Å². The number of carbonyl (C=O) groups is 1. The zero-order chi connectivity index (χ0) is 19.1. The van der Waals surface area contributed by atoms with Crippen molar-refractivity contribution in [3.05, 3.63) is 63.9 Å². The third kappa shape index (κ3) is 5.91. The van der Waals surface area contributed by atoms with Gasteiger partial charge in [0.2, 0.25) is 0 Å². The molecule has 0 N–H and O–H groups in total. The second kappa shape index (κ2) is 10.0. The van der Waals surface area contributed by atoms with Gasteiger partial charge in [-0.1, -0.05) is 23.2 Å². The van der Waals surface area contributed by atoms with Crippen LogP contribution >= 0.6 is 23.2 Å². The molecule has 0 saturated carbocycles. The maximum absolute atomic E-state index is 13.1. The third-order valence-corrected chi connectivity index (χ3v) is 5.14. The van der Waals surface area contributed by atoms with Gasteiger partial charge < -0.3 is 9.64 Å². The van der Waals surface area contributed by atoms with Crippen LogP contribution < -0.4 is 0 Å². The second-order valence-electron chi connectivity index (χ2n) is 6.51. The van der Waals surface area contributed by atoms with Crippen molar-refractivity contribution in [3.63, 3.8) is 0 Å². The highest BCUT2D eigenvalue weighted by Crippen LogP contribution is 2.23. The van der Waals surface area contributed by atoms with E-state index in [9.17, 15) is 4.79 Å². The molecule has 0 unspecified atom stereocenters. The quantitative estimate of drug-likeness (QED) is 0.700. The van der Waals surface area contributed by atoms with Gasteiger partial charge in [0.1, 0.15) is 0 Å². The Morgan fingerprint density at radius 3 is 2.63 bits per heavy atom. The van der Waals surface area contributed by atoms with Crippen molar-refractivity contribution >= 4 is 29.1 Å². The van der Waals surface area contributed by atoms with Crippen LogP contribution in [-0.4, -0.2) is 60.1 Å². The molecule has 0 radical (unpaired) electrons. The van der Waals surface area contributed by atoms with Crippen molar-refractivity contribution in [2.75, 3.05) is 39.4 Å². The lowest BCUT2D eigenvalue weighted by molar-refractivity contribution is 0.0355. The van der Waals surface area contributed by atoms with Gasteiger partial charge in [-0.05, 0) is 42.3 Å². The van der Waals surface area contributed by atoms with Crippen LogP contribution in [0.1, 0.15) is 22.3 Å². The van der Waals surface area contributed by atoms with Gasteiger partial charge >= 0.3 is 0 Å². The van der Waals surface area contributed by atoms with Crippen LogP contribution in [0.2, 0.25) is 10.0 Å². The molecule has 2 heterocycles. The Balaban J connectivity index is 1.70. The van der Waals surface area contributed by atoms with Crippen LogP contribution in [0.25, 0.3) is 0 Å². The Bertz CT molecular complexity index is 752. The van der Waals surface area contributed by atoms with Crippen molar-refractivity contribution in [1.29, 1.82) is 0 Å². The zero-order valence-corrected chi connectivity index (χ0v) is 16.6. The number of carbonyl (C=O) groups excluding carboxylic acids is 1. The van der Waals surface area contributed by atoms with Crippen LogP contribution in [-0.2, 0) is 11.3 Å². The fourth-order valence-corrected chi connectivity index (χ4v) is 3.47. The molecule has 1 aromatic carbocycles. The minimum Gasteiger partial charge on any atom is -0.379 e. The van der Waals surface area contributed by atoms with E-state index in [-0.39, 0.29) is 5.91 Å². The van der Waals surface area contributed by atoms with Crippen molar-refractivity contribution in [1.82, 2.24) is 14.8 Å². The maximum Gasteiger partial charge on any atom is 0.255 e. The third-order valence-electron chi connectivity index (χ3n) is 4.57. The number of ether oxygens (including phenoxy) is 1. The minimum atomic E-state index is -0.110. The van der Waals surface area contributed by atoms with E-state index in [1.54, 1.807) is 30.6 Å². The Kier molecular flexibility index (Phi) is 7.47. The fraction of sp³-hybridized carbons (Fsp3) is 0.400. The topological polar surface area (TPSA) is 45.7 Å². The average molecular weight is 408 g/mol. The van der Waals surface area contributed by atoms with Gasteiger partial charge in [0.25, 0.3) is 5.91 Å². The first-order valence-electron chi connectivity index (χ1n) is 9.07. The molecular weight excluding hydrogens is 385 g/mol. The first kappa shape index (κ1) is 20.1. The molecule has 3 rings (SSSR count). The lowest BCUT2D eigenvalue weighted by Gasteiger charge is -2.28. The molecule has 5 nitrogen and oxygen atoms in total. The van der Waals surface area contributed by atoms with Crippen molar-refractivity contribution in [2.24, 2.45) is 0 Å². The number of rotatable bonds is 7. The average Bonchev–Trinajstić information content (AvgIpc) is 2.70. The summed E-state index contributed by atoms with van der Waals surface area (Å²) in [7, 11) is 0. The van der Waals surface area contributed by atoms with Gasteiger partial charge in [-0.25, -0.2) is 0 Å². The van der Waals surface area contributed by atoms with Gasteiger partial charge in [0, 0.05) is 50.1 Å². The predicted octanol–water partition coefficient (Wildman–Crippen LogP) is 3.75. The van der Waals surface area contributed by atoms with Crippen LogP contribution in [0, 0.1) is 0 Å². The summed E-state index contributed by atoms with van der Waals surface area (Å²) in [4.78, 5) is 21.4. The molecule has 1 amide bonds. The Labute approximate surface area is 169 Å². The Hall–Kier alpha value is -1.66. The zero-order valence-electron chi connectivity index (χ0n) is 15.1. The first-order valence-corrected chi connectivity index (χ1v) is 9.82. The van der Waals surface area contributed by atoms with E-state index in [1.807, 2.05) is 17.0 Å². The summed E-state index contributed by atoms with van der Waals surface area (Å²) in [5.74, 6) is -0.110. The molecule has 1 saturated heterocycles. The standard InChI is InChI=1S/C20H23Cl2N3O2/c21-17-2-3-19(22)18(14-17)20(26)25(15-16-4-6-23-7-5-16)9-1-8-24-10-12-27-13-11-24/h2-7,14H,1,8-13,15H2. The number of benzene rings is 1. The largest absolute Gasteiger partial charge is 0.379 e. The number of aromatic nitrogens is 1. The lowest BCUT2D eigenvalue weighted by Crippen LogP contribution is -2.39. The van der Waals surface area contributed by atoms with Crippen LogP contribution in [0.4, 0.5) is 0 Å². The van der Waals surface area contributed by atoms with E-state index < -0.39 is 0 Å². The number of pyridine rings is 1. The molecule has 0 spiro atoms. The Morgan fingerprint density at radius 1 is 1.15 bits per heavy atom. The number of morpholine rings is 1. The summed E-state index contributed by atoms with van der Waals surface area (Å²) < 4.78 is 5.39. The molecule has 1 aliphatic heterocycles. The number of amides is 1. The molecule has 27 heavy (non-hydrogen) atoms. The van der Waals surface area contributed by atoms with Gasteiger partial charge in [-0.2, -0.15) is 0 Å². The van der Waals surface area contributed by atoms with Crippen LogP contribution in [0.3, 0.4) is 0 Å². The van der Waals surface area contributed by atoms with E-state index in [2.05, 4.69) is 9.88 Å². The fourth-order valence-electron chi connectivity index (χ4n) is 3.10. The molecule has 1 aliphatic rings. The lowest BCUT2D eigenvalue weighted by atomic mass is 10.1. The number of hydrogen-bond donors (Lipinski definition) is 0. The highest BCUT2D eigenvalue weighted by Gasteiger charge is 2.20. The molecule has 144 valence electrons. The smallest absolute Gasteiger partial charge is 0.255 e. The molecular formula is C20H23Cl2N3O2. The summed E-state index contributed by atoms with van der Waals surface area (Å²) in [6.45, 7) is 5.52. The second-order valence-corrected chi connectivity index (χ2v) is 7.36. The van der Waals surface area contributed by atoms with E-state index in [0.717, 1.165) is 44.8 Å². The highest BCUT2D eigenvalue weighted by atomic mass is 35.5. The maximum atomic E-state index is 13.1. The molecule has 0 aliphatic carbocycles. The first-order chi connectivity index (χ1) is 13.1. The number of hydrogen-bond acceptors (Lipinski definition) is 4. The molecule has 7 heteroatoms. The molecule has 0 atom stereocenters. The van der Waals surface area contributed by atoms with Gasteiger partial charge in [0.05, 0.1) is 23.8 Å². The monoisotopic (exact) mass is 407 g/mol. The van der Waals surface area contributed by atoms with E-state index >= 15 is 0 Å². The highest BCUT2D eigenvalue weighted by molar-refractivity contribution is 6.35.